The van der Waals surface area contributed by atoms with Gasteiger partial charge in [-0.05, 0) is 25.8 Å². The largest absolute Gasteiger partial charge is 0.385 e. The molecule has 96 valence electrons. The van der Waals surface area contributed by atoms with Crippen LogP contribution in [-0.2, 0) is 14.2 Å². The van der Waals surface area contributed by atoms with Crippen molar-refractivity contribution >= 4 is 0 Å². The van der Waals surface area contributed by atoms with Crippen LogP contribution >= 0.6 is 0 Å². The quantitative estimate of drug-likeness (QED) is 0.637. The van der Waals surface area contributed by atoms with Crippen LogP contribution in [0.3, 0.4) is 0 Å². The Hall–Kier alpha value is -0.160. The molecule has 1 rings (SSSR count). The summed E-state index contributed by atoms with van der Waals surface area (Å²) in [5.74, 6) is 0. The van der Waals surface area contributed by atoms with Gasteiger partial charge in [-0.25, -0.2) is 0 Å². The SMILES string of the molecule is CCCNC1CCOCC1OCCCOC. The molecule has 2 atom stereocenters. The first kappa shape index (κ1) is 13.9. The fourth-order valence-electron chi connectivity index (χ4n) is 1.88. The lowest BCUT2D eigenvalue weighted by Crippen LogP contribution is -2.48. The third-order valence-electron chi connectivity index (χ3n) is 2.79. The van der Waals surface area contributed by atoms with Crippen LogP contribution in [0.2, 0.25) is 0 Å². The van der Waals surface area contributed by atoms with Gasteiger partial charge >= 0.3 is 0 Å². The first-order valence-electron chi connectivity index (χ1n) is 6.30. The second-order valence-corrected chi connectivity index (χ2v) is 4.18. The summed E-state index contributed by atoms with van der Waals surface area (Å²) in [5.41, 5.74) is 0. The predicted molar refractivity (Wildman–Crippen MR) is 63.8 cm³/mol. The molecule has 1 heterocycles. The zero-order valence-electron chi connectivity index (χ0n) is 10.5. The Bertz CT molecular complexity index is 166. The summed E-state index contributed by atoms with van der Waals surface area (Å²) in [6.45, 7) is 6.32. The minimum Gasteiger partial charge on any atom is -0.385 e. The van der Waals surface area contributed by atoms with E-state index < -0.39 is 0 Å². The number of methoxy groups -OCH3 is 1. The second kappa shape index (κ2) is 8.93. The van der Waals surface area contributed by atoms with Crippen molar-refractivity contribution < 1.29 is 14.2 Å². The number of hydrogen-bond acceptors (Lipinski definition) is 4. The average Bonchev–Trinajstić information content (AvgIpc) is 2.33. The summed E-state index contributed by atoms with van der Waals surface area (Å²) in [6.07, 6.45) is 3.37. The van der Waals surface area contributed by atoms with Gasteiger partial charge in [-0.15, -0.1) is 0 Å². The Balaban J connectivity index is 2.18. The highest BCUT2D eigenvalue weighted by Crippen LogP contribution is 2.11. The van der Waals surface area contributed by atoms with E-state index in [0.29, 0.717) is 12.6 Å². The molecule has 1 aliphatic rings. The highest BCUT2D eigenvalue weighted by Gasteiger charge is 2.25. The molecule has 0 bridgehead atoms. The first-order valence-corrected chi connectivity index (χ1v) is 6.30. The van der Waals surface area contributed by atoms with Gasteiger partial charge < -0.3 is 19.5 Å². The topological polar surface area (TPSA) is 39.7 Å². The van der Waals surface area contributed by atoms with Crippen LogP contribution in [-0.4, -0.2) is 52.2 Å². The number of rotatable bonds is 8. The first-order chi connectivity index (χ1) is 7.88. The summed E-state index contributed by atoms with van der Waals surface area (Å²) >= 11 is 0. The van der Waals surface area contributed by atoms with Gasteiger partial charge in [-0.2, -0.15) is 0 Å². The van der Waals surface area contributed by atoms with Crippen molar-refractivity contribution in [1.82, 2.24) is 5.32 Å². The van der Waals surface area contributed by atoms with Crippen molar-refractivity contribution in [2.75, 3.05) is 40.1 Å². The number of hydrogen-bond donors (Lipinski definition) is 1. The Morgan fingerprint density at radius 3 is 3.00 bits per heavy atom. The van der Waals surface area contributed by atoms with E-state index in [1.165, 1.54) is 0 Å². The van der Waals surface area contributed by atoms with Gasteiger partial charge in [0, 0.05) is 33.0 Å². The van der Waals surface area contributed by atoms with E-state index in [1.807, 2.05) is 0 Å². The van der Waals surface area contributed by atoms with E-state index in [9.17, 15) is 0 Å². The van der Waals surface area contributed by atoms with Crippen molar-refractivity contribution in [3.05, 3.63) is 0 Å². The Morgan fingerprint density at radius 2 is 2.25 bits per heavy atom. The summed E-state index contributed by atoms with van der Waals surface area (Å²) in [7, 11) is 1.72. The Labute approximate surface area is 98.6 Å². The zero-order valence-corrected chi connectivity index (χ0v) is 10.5. The van der Waals surface area contributed by atoms with Crippen molar-refractivity contribution in [2.24, 2.45) is 0 Å². The second-order valence-electron chi connectivity index (χ2n) is 4.18. The Kier molecular flexibility index (Phi) is 7.76. The lowest BCUT2D eigenvalue weighted by molar-refractivity contribution is -0.0715. The summed E-state index contributed by atoms with van der Waals surface area (Å²) in [4.78, 5) is 0. The van der Waals surface area contributed by atoms with Gasteiger partial charge in [-0.1, -0.05) is 6.92 Å². The molecule has 0 aromatic rings. The molecule has 4 nitrogen and oxygen atoms in total. The van der Waals surface area contributed by atoms with Crippen molar-refractivity contribution in [3.8, 4) is 0 Å². The maximum absolute atomic E-state index is 5.83. The molecule has 0 radical (unpaired) electrons. The molecule has 2 unspecified atom stereocenters. The molecule has 0 aliphatic carbocycles. The average molecular weight is 231 g/mol. The molecule has 0 spiro atoms. The summed E-state index contributed by atoms with van der Waals surface area (Å²) < 4.78 is 16.3. The van der Waals surface area contributed by atoms with Gasteiger partial charge in [0.25, 0.3) is 0 Å². The van der Waals surface area contributed by atoms with Crippen LogP contribution in [0.25, 0.3) is 0 Å². The minimum absolute atomic E-state index is 0.206. The van der Waals surface area contributed by atoms with E-state index in [4.69, 9.17) is 14.2 Å². The summed E-state index contributed by atoms with van der Waals surface area (Å²) in [6, 6.07) is 0.455. The minimum atomic E-state index is 0.206. The zero-order chi connectivity index (χ0) is 11.6. The fourth-order valence-corrected chi connectivity index (χ4v) is 1.88. The van der Waals surface area contributed by atoms with Gasteiger partial charge in [0.2, 0.25) is 0 Å². The molecule has 0 saturated carbocycles. The molecule has 16 heavy (non-hydrogen) atoms. The molecule has 0 aromatic carbocycles. The molecule has 1 aliphatic heterocycles. The number of ether oxygens (including phenoxy) is 3. The normalized spacial score (nSPS) is 25.9. The molecule has 0 aromatic heterocycles. The van der Waals surface area contributed by atoms with Crippen molar-refractivity contribution in [2.45, 2.75) is 38.3 Å². The van der Waals surface area contributed by atoms with E-state index in [1.54, 1.807) is 7.11 Å². The van der Waals surface area contributed by atoms with Gasteiger partial charge in [0.05, 0.1) is 12.7 Å². The molecule has 1 saturated heterocycles. The lowest BCUT2D eigenvalue weighted by atomic mass is 10.1. The standard InChI is InChI=1S/C12H25NO3/c1-3-6-13-11-5-9-15-10-12(11)16-8-4-7-14-2/h11-13H,3-10H2,1-2H3. The fraction of sp³-hybridized carbons (Fsp3) is 1.00. The molecular weight excluding hydrogens is 206 g/mol. The smallest absolute Gasteiger partial charge is 0.0961 e. The monoisotopic (exact) mass is 231 g/mol. The van der Waals surface area contributed by atoms with Gasteiger partial charge in [-0.3, -0.25) is 0 Å². The maximum Gasteiger partial charge on any atom is 0.0961 e. The maximum atomic E-state index is 5.83. The highest BCUT2D eigenvalue weighted by atomic mass is 16.5. The Morgan fingerprint density at radius 1 is 1.38 bits per heavy atom. The molecule has 4 heteroatoms. The molecule has 1 N–H and O–H groups in total. The van der Waals surface area contributed by atoms with Gasteiger partial charge in [0.15, 0.2) is 0 Å². The van der Waals surface area contributed by atoms with Crippen molar-refractivity contribution in [3.63, 3.8) is 0 Å². The van der Waals surface area contributed by atoms with E-state index in [0.717, 1.165) is 45.6 Å². The van der Waals surface area contributed by atoms with E-state index in [2.05, 4.69) is 12.2 Å². The van der Waals surface area contributed by atoms with Crippen LogP contribution < -0.4 is 5.32 Å². The summed E-state index contributed by atoms with van der Waals surface area (Å²) in [5, 5.41) is 3.53. The van der Waals surface area contributed by atoms with Crippen LogP contribution in [0.1, 0.15) is 26.2 Å². The van der Waals surface area contributed by atoms with Crippen LogP contribution in [0.4, 0.5) is 0 Å². The van der Waals surface area contributed by atoms with E-state index in [-0.39, 0.29) is 6.10 Å². The van der Waals surface area contributed by atoms with Crippen LogP contribution in [0.15, 0.2) is 0 Å². The van der Waals surface area contributed by atoms with E-state index >= 15 is 0 Å². The third-order valence-corrected chi connectivity index (χ3v) is 2.79. The third kappa shape index (κ3) is 5.25. The molecule has 1 fully saturated rings. The molecular formula is C12H25NO3. The van der Waals surface area contributed by atoms with Crippen LogP contribution in [0, 0.1) is 0 Å². The predicted octanol–water partition coefficient (Wildman–Crippen LogP) is 1.20. The lowest BCUT2D eigenvalue weighted by Gasteiger charge is -2.32. The van der Waals surface area contributed by atoms with Crippen molar-refractivity contribution in [1.29, 1.82) is 0 Å². The van der Waals surface area contributed by atoms with Crippen LogP contribution in [0.5, 0.6) is 0 Å². The van der Waals surface area contributed by atoms with Gasteiger partial charge in [0.1, 0.15) is 0 Å². The highest BCUT2D eigenvalue weighted by molar-refractivity contribution is 4.80. The number of nitrogens with one attached hydrogen (secondary N) is 1. The molecule has 0 amide bonds.